The second-order valence-electron chi connectivity index (χ2n) is 19.9. The Balaban J connectivity index is 0.967. The van der Waals surface area contributed by atoms with Gasteiger partial charge in [0.05, 0.1) is 11.1 Å². The molecule has 0 unspecified atom stereocenters. The second-order valence-corrected chi connectivity index (χ2v) is 21.0. The average molecular weight is 936 g/mol. The van der Waals surface area contributed by atoms with Crippen molar-refractivity contribution >= 4 is 28.8 Å². The summed E-state index contributed by atoms with van der Waals surface area (Å²) in [5, 5.41) is 0. The van der Waals surface area contributed by atoms with Gasteiger partial charge in [-0.3, -0.25) is 0 Å². The van der Waals surface area contributed by atoms with Crippen molar-refractivity contribution in [2.24, 2.45) is 0 Å². The summed E-state index contributed by atoms with van der Waals surface area (Å²) in [5.41, 5.74) is 25.5. The smallest absolute Gasteiger partial charge is 0.0735 e. The third-order valence-electron chi connectivity index (χ3n) is 15.8. The molecule has 0 aromatic heterocycles. The Bertz CT molecular complexity index is 3860. The molecule has 1 spiro atoms. The maximum atomic E-state index is 2.48. The quantitative estimate of drug-likeness (QED) is 0.163. The molecule has 1 nitrogen and oxygen atoms in total. The van der Waals surface area contributed by atoms with Crippen molar-refractivity contribution in [3.63, 3.8) is 0 Å². The first-order chi connectivity index (χ1) is 35.5. The van der Waals surface area contributed by atoms with E-state index < -0.39 is 5.41 Å². The van der Waals surface area contributed by atoms with Gasteiger partial charge >= 0.3 is 0 Å². The van der Waals surface area contributed by atoms with Gasteiger partial charge in [-0.2, -0.15) is 0 Å². The Labute approximate surface area is 426 Å². The molecular weight excluding hydrogens is 887 g/mol. The molecule has 0 saturated heterocycles. The monoisotopic (exact) mass is 935 g/mol. The number of benzene rings is 11. The standard InChI is InChI=1S/C70H49NS/c1-69(2)60-30-14-11-28-57(60)58-42-41-51(45-65(58)69)71(66-43-38-49(46-20-5-3-6-21-46)44-59(66)47-22-7-4-8-23-47)50-39-36-48(37-40-50)52-29-19-34-64-68(52)72-67-35-18-17-33-63(67)70(64)61-31-15-12-26-55(61)53-24-9-10-25-54(53)56-27-13-16-32-62(56)70/h3-45H,1-2H3. The van der Waals surface area contributed by atoms with Gasteiger partial charge in [-0.05, 0) is 137 Å². The molecule has 0 atom stereocenters. The van der Waals surface area contributed by atoms with Gasteiger partial charge in [0, 0.05) is 32.1 Å². The van der Waals surface area contributed by atoms with Crippen molar-refractivity contribution in [1.82, 2.24) is 0 Å². The number of hydrogen-bond acceptors (Lipinski definition) is 2. The predicted octanol–water partition coefficient (Wildman–Crippen LogP) is 19.0. The molecule has 0 fully saturated rings. The largest absolute Gasteiger partial charge is 0.310 e. The molecule has 72 heavy (non-hydrogen) atoms. The fourth-order valence-corrected chi connectivity index (χ4v) is 13.8. The summed E-state index contributed by atoms with van der Waals surface area (Å²) in [6.45, 7) is 4.74. The second kappa shape index (κ2) is 16.6. The van der Waals surface area contributed by atoms with Gasteiger partial charge in [0.15, 0.2) is 0 Å². The molecule has 0 N–H and O–H groups in total. The minimum absolute atomic E-state index is 0.155. The van der Waals surface area contributed by atoms with Crippen LogP contribution in [0, 0.1) is 0 Å². The Morgan fingerprint density at radius 3 is 1.43 bits per heavy atom. The van der Waals surface area contributed by atoms with Crippen LogP contribution in [0.3, 0.4) is 0 Å². The maximum Gasteiger partial charge on any atom is 0.0735 e. The van der Waals surface area contributed by atoms with E-state index in [9.17, 15) is 0 Å². The molecule has 0 saturated carbocycles. The first-order valence-corrected chi connectivity index (χ1v) is 25.9. The lowest BCUT2D eigenvalue weighted by molar-refractivity contribution is 0.660. The zero-order valence-corrected chi connectivity index (χ0v) is 41.0. The lowest BCUT2D eigenvalue weighted by atomic mass is 9.63. The predicted molar refractivity (Wildman–Crippen MR) is 302 cm³/mol. The van der Waals surface area contributed by atoms with Crippen LogP contribution >= 0.6 is 11.8 Å². The van der Waals surface area contributed by atoms with Crippen LogP contribution in [0.15, 0.2) is 271 Å². The summed E-state index contributed by atoms with van der Waals surface area (Å²) in [6, 6.07) is 97.5. The highest BCUT2D eigenvalue weighted by atomic mass is 32.2. The first kappa shape index (κ1) is 42.4. The first-order valence-electron chi connectivity index (χ1n) is 25.1. The van der Waals surface area contributed by atoms with Crippen LogP contribution in [-0.2, 0) is 10.8 Å². The van der Waals surface area contributed by atoms with E-state index in [4.69, 9.17) is 0 Å². The lowest BCUT2D eigenvalue weighted by Crippen LogP contribution is -2.34. The zero-order chi connectivity index (χ0) is 48.0. The van der Waals surface area contributed by atoms with Gasteiger partial charge in [-0.1, -0.05) is 244 Å². The summed E-state index contributed by atoms with van der Waals surface area (Å²) in [4.78, 5) is 5.06. The van der Waals surface area contributed by atoms with Crippen molar-refractivity contribution in [1.29, 1.82) is 0 Å². The minimum atomic E-state index is -0.573. The van der Waals surface area contributed by atoms with Gasteiger partial charge in [0.1, 0.15) is 0 Å². The van der Waals surface area contributed by atoms with Gasteiger partial charge < -0.3 is 4.90 Å². The highest BCUT2D eigenvalue weighted by Crippen LogP contribution is 2.62. The van der Waals surface area contributed by atoms with Gasteiger partial charge in [0.25, 0.3) is 0 Å². The minimum Gasteiger partial charge on any atom is -0.310 e. The van der Waals surface area contributed by atoms with Gasteiger partial charge in [0.2, 0.25) is 0 Å². The van der Waals surface area contributed by atoms with E-state index in [2.05, 4.69) is 280 Å². The molecular formula is C70H49NS. The molecule has 0 bridgehead atoms. The summed E-state index contributed by atoms with van der Waals surface area (Å²) in [6.07, 6.45) is 0. The topological polar surface area (TPSA) is 3.24 Å². The fraction of sp³-hybridized carbons (Fsp3) is 0.0571. The highest BCUT2D eigenvalue weighted by molar-refractivity contribution is 7.99. The number of fused-ring (bicyclic) bond motifs is 14. The molecule has 11 aromatic carbocycles. The van der Waals surface area contributed by atoms with Crippen molar-refractivity contribution in [2.45, 2.75) is 34.5 Å². The molecule has 14 rings (SSSR count). The molecule has 2 heteroatoms. The van der Waals surface area contributed by atoms with Crippen LogP contribution < -0.4 is 4.90 Å². The Kier molecular flexibility index (Phi) is 9.78. The molecule has 0 amide bonds. The lowest BCUT2D eigenvalue weighted by Gasteiger charge is -2.43. The summed E-state index contributed by atoms with van der Waals surface area (Å²) in [7, 11) is 0. The summed E-state index contributed by atoms with van der Waals surface area (Å²) < 4.78 is 0. The van der Waals surface area contributed by atoms with E-state index in [-0.39, 0.29) is 5.41 Å². The van der Waals surface area contributed by atoms with E-state index >= 15 is 0 Å². The van der Waals surface area contributed by atoms with Crippen LogP contribution in [0.25, 0.3) is 66.8 Å². The van der Waals surface area contributed by atoms with Crippen LogP contribution in [0.5, 0.6) is 0 Å². The Hall–Kier alpha value is -8.43. The molecule has 1 heterocycles. The molecule has 11 aromatic rings. The van der Waals surface area contributed by atoms with E-state index in [1.54, 1.807) is 0 Å². The number of rotatable bonds is 6. The SMILES string of the molecule is CC1(C)c2ccccc2-c2ccc(N(c3ccc(-c4cccc5c4Sc4ccccc4C54c5ccccc5-c5ccccc5-c5ccccc54)cc3)c3ccc(-c4ccccc4)cc3-c3ccccc3)cc21. The highest BCUT2D eigenvalue weighted by Gasteiger charge is 2.48. The van der Waals surface area contributed by atoms with Crippen LogP contribution in [-0.4, -0.2) is 0 Å². The maximum absolute atomic E-state index is 2.48. The van der Waals surface area contributed by atoms with Gasteiger partial charge in [-0.15, -0.1) is 0 Å². The third-order valence-corrected chi connectivity index (χ3v) is 17.0. The molecule has 2 aliphatic carbocycles. The van der Waals surface area contributed by atoms with E-state index in [0.717, 1.165) is 17.1 Å². The summed E-state index contributed by atoms with van der Waals surface area (Å²) in [5.74, 6) is 0. The Morgan fingerprint density at radius 2 is 0.764 bits per heavy atom. The third kappa shape index (κ3) is 6.35. The van der Waals surface area contributed by atoms with Crippen molar-refractivity contribution in [2.75, 3.05) is 4.90 Å². The van der Waals surface area contributed by atoms with E-state index in [1.165, 1.54) is 110 Å². The van der Waals surface area contributed by atoms with Crippen molar-refractivity contribution < 1.29 is 0 Å². The number of anilines is 3. The number of nitrogens with zero attached hydrogens (tertiary/aromatic N) is 1. The molecule has 1 aliphatic heterocycles. The molecule has 3 aliphatic rings. The normalized spacial score (nSPS) is 13.9. The van der Waals surface area contributed by atoms with Crippen molar-refractivity contribution in [3.8, 4) is 66.8 Å². The fourth-order valence-electron chi connectivity index (χ4n) is 12.5. The zero-order valence-electron chi connectivity index (χ0n) is 40.2. The van der Waals surface area contributed by atoms with Crippen LogP contribution in [0.2, 0.25) is 0 Å². The van der Waals surface area contributed by atoms with Crippen LogP contribution in [0.1, 0.15) is 47.2 Å². The molecule has 340 valence electrons. The molecule has 0 radical (unpaired) electrons. The van der Waals surface area contributed by atoms with Gasteiger partial charge in [-0.25, -0.2) is 0 Å². The average Bonchev–Trinajstić information content (AvgIpc) is 3.61. The number of hydrogen-bond donors (Lipinski definition) is 0. The summed E-state index contributed by atoms with van der Waals surface area (Å²) >= 11 is 1.91. The van der Waals surface area contributed by atoms with E-state index in [0.29, 0.717) is 0 Å². The van der Waals surface area contributed by atoms with Crippen LogP contribution in [0.4, 0.5) is 17.1 Å². The Morgan fingerprint density at radius 1 is 0.292 bits per heavy atom. The van der Waals surface area contributed by atoms with E-state index in [1.807, 2.05) is 11.8 Å². The van der Waals surface area contributed by atoms with Crippen molar-refractivity contribution in [3.05, 3.63) is 294 Å².